The van der Waals surface area contributed by atoms with Crippen molar-refractivity contribution in [3.05, 3.63) is 0 Å². The van der Waals surface area contributed by atoms with Crippen molar-refractivity contribution in [2.45, 2.75) is 63.7 Å². The van der Waals surface area contributed by atoms with Crippen LogP contribution in [0, 0.1) is 5.92 Å². The van der Waals surface area contributed by atoms with E-state index in [0.717, 1.165) is 19.4 Å². The van der Waals surface area contributed by atoms with Gasteiger partial charge in [-0.3, -0.25) is 9.59 Å². The minimum atomic E-state index is -0.421. The summed E-state index contributed by atoms with van der Waals surface area (Å²) in [6, 6.07) is -0.159. The second-order valence-electron chi connectivity index (χ2n) is 6.04. The summed E-state index contributed by atoms with van der Waals surface area (Å²) in [5.74, 6) is 0.641. The van der Waals surface area contributed by atoms with Crippen LogP contribution >= 0.6 is 0 Å². The molecule has 0 aromatic heterocycles. The van der Waals surface area contributed by atoms with Crippen LogP contribution in [0.15, 0.2) is 0 Å². The third kappa shape index (κ3) is 5.28. The highest BCUT2D eigenvalue weighted by molar-refractivity contribution is 5.76. The molecule has 0 unspecified atom stereocenters. The van der Waals surface area contributed by atoms with Crippen molar-refractivity contribution < 1.29 is 19.4 Å². The number of hydrogen-bond donors (Lipinski definition) is 3. The number of carbonyl (C=O) groups is 2. The van der Waals surface area contributed by atoms with Gasteiger partial charge in [-0.2, -0.15) is 0 Å². The van der Waals surface area contributed by atoms with Gasteiger partial charge in [-0.15, -0.1) is 0 Å². The van der Waals surface area contributed by atoms with Gasteiger partial charge in [-0.05, 0) is 31.6 Å². The predicted octanol–water partition coefficient (Wildman–Crippen LogP) is 0.337. The molecule has 1 heterocycles. The van der Waals surface area contributed by atoms with E-state index in [2.05, 4.69) is 10.6 Å². The normalized spacial score (nSPS) is 29.0. The van der Waals surface area contributed by atoms with E-state index in [-0.39, 0.29) is 30.6 Å². The monoisotopic (exact) mass is 298 g/mol. The van der Waals surface area contributed by atoms with Gasteiger partial charge < -0.3 is 20.5 Å². The van der Waals surface area contributed by atoms with E-state index >= 15 is 0 Å². The van der Waals surface area contributed by atoms with Gasteiger partial charge in [0.05, 0.1) is 25.2 Å². The van der Waals surface area contributed by atoms with Gasteiger partial charge in [0.15, 0.2) is 0 Å². The van der Waals surface area contributed by atoms with Crippen molar-refractivity contribution in [3.8, 4) is 0 Å². The molecule has 1 saturated heterocycles. The Kier molecular flexibility index (Phi) is 5.99. The van der Waals surface area contributed by atoms with Crippen LogP contribution in [0.2, 0.25) is 0 Å². The Morgan fingerprint density at radius 2 is 1.95 bits per heavy atom. The Morgan fingerprint density at radius 3 is 2.57 bits per heavy atom. The third-order valence-corrected chi connectivity index (χ3v) is 4.16. The Morgan fingerprint density at radius 1 is 1.19 bits per heavy atom. The molecule has 2 fully saturated rings. The average molecular weight is 298 g/mol. The molecule has 3 atom stereocenters. The summed E-state index contributed by atoms with van der Waals surface area (Å²) in [6.07, 6.45) is 4.04. The van der Waals surface area contributed by atoms with E-state index in [0.29, 0.717) is 18.8 Å². The quantitative estimate of drug-likeness (QED) is 0.632. The molecule has 0 aromatic rings. The highest BCUT2D eigenvalue weighted by Gasteiger charge is 2.32. The summed E-state index contributed by atoms with van der Waals surface area (Å²) in [4.78, 5) is 23.3. The lowest BCUT2D eigenvalue weighted by atomic mass is 9.97. The molecular formula is C15H26N2O4. The van der Waals surface area contributed by atoms with Crippen LogP contribution in [0.1, 0.15) is 45.4 Å². The zero-order valence-electron chi connectivity index (χ0n) is 12.6. The Balaban J connectivity index is 1.73. The van der Waals surface area contributed by atoms with Crippen LogP contribution in [-0.4, -0.2) is 48.3 Å². The number of hydrogen-bond acceptors (Lipinski definition) is 4. The fourth-order valence-electron chi connectivity index (χ4n) is 2.61. The molecule has 2 amide bonds. The first kappa shape index (κ1) is 16.2. The van der Waals surface area contributed by atoms with Gasteiger partial charge >= 0.3 is 0 Å². The Bertz CT molecular complexity index is 371. The number of nitrogens with one attached hydrogen (secondary N) is 2. The van der Waals surface area contributed by atoms with Crippen molar-refractivity contribution in [1.29, 1.82) is 0 Å². The molecule has 6 heteroatoms. The number of rotatable bonds is 7. The minimum Gasteiger partial charge on any atom is -0.394 e. The number of ether oxygens (including phenoxy) is 1. The highest BCUT2D eigenvalue weighted by atomic mass is 16.5. The van der Waals surface area contributed by atoms with E-state index in [9.17, 15) is 14.7 Å². The van der Waals surface area contributed by atoms with Crippen molar-refractivity contribution in [3.63, 3.8) is 0 Å². The molecule has 6 nitrogen and oxygen atoms in total. The number of aliphatic hydroxyl groups excluding tert-OH is 1. The molecule has 1 aliphatic heterocycles. The maximum Gasteiger partial charge on any atom is 0.222 e. The molecule has 1 saturated carbocycles. The van der Waals surface area contributed by atoms with E-state index in [1.807, 2.05) is 0 Å². The summed E-state index contributed by atoms with van der Waals surface area (Å²) in [5.41, 5.74) is 0. The lowest BCUT2D eigenvalue weighted by Crippen LogP contribution is -2.51. The SMILES string of the molecule is CCC(=O)N[C@H]1CC[C@H](CC(=O)NCC2CC2)O[C@@H]1CO. The molecule has 120 valence electrons. The standard InChI is InChI=1S/C15H26N2O4/c1-2-14(19)17-12-6-5-11(21-13(12)9-18)7-15(20)16-8-10-3-4-10/h10-13,18H,2-9H2,1H3,(H,16,20)(H,17,19)/t11-,12+,13-/m1/s1. The van der Waals surface area contributed by atoms with E-state index in [1.54, 1.807) is 6.92 Å². The van der Waals surface area contributed by atoms with Gasteiger partial charge in [-0.1, -0.05) is 6.92 Å². The molecule has 2 rings (SSSR count). The lowest BCUT2D eigenvalue weighted by molar-refractivity contribution is -0.135. The second kappa shape index (κ2) is 7.75. The zero-order chi connectivity index (χ0) is 15.2. The first-order valence-corrected chi connectivity index (χ1v) is 7.94. The van der Waals surface area contributed by atoms with Gasteiger partial charge in [0.25, 0.3) is 0 Å². The van der Waals surface area contributed by atoms with Crippen LogP contribution in [-0.2, 0) is 14.3 Å². The van der Waals surface area contributed by atoms with E-state index in [1.165, 1.54) is 12.8 Å². The van der Waals surface area contributed by atoms with Crippen molar-refractivity contribution in [2.24, 2.45) is 5.92 Å². The third-order valence-electron chi connectivity index (χ3n) is 4.16. The average Bonchev–Trinajstić information content (AvgIpc) is 3.30. The van der Waals surface area contributed by atoms with Gasteiger partial charge in [0.2, 0.25) is 11.8 Å². The number of carbonyl (C=O) groups excluding carboxylic acids is 2. The first-order valence-electron chi connectivity index (χ1n) is 7.94. The topological polar surface area (TPSA) is 87.7 Å². The molecule has 3 N–H and O–H groups in total. The molecule has 0 aromatic carbocycles. The second-order valence-corrected chi connectivity index (χ2v) is 6.04. The summed E-state index contributed by atoms with van der Waals surface area (Å²) in [6.45, 7) is 2.42. The summed E-state index contributed by atoms with van der Waals surface area (Å²) < 4.78 is 5.76. The molecule has 0 bridgehead atoms. The van der Waals surface area contributed by atoms with Crippen LogP contribution in [0.25, 0.3) is 0 Å². The predicted molar refractivity (Wildman–Crippen MR) is 77.6 cm³/mol. The first-order chi connectivity index (χ1) is 10.1. The summed E-state index contributed by atoms with van der Waals surface area (Å²) in [5, 5.41) is 15.2. The Hall–Kier alpha value is -1.14. The van der Waals surface area contributed by atoms with Gasteiger partial charge in [-0.25, -0.2) is 0 Å². The maximum atomic E-state index is 11.8. The minimum absolute atomic E-state index is 0.0135. The maximum absolute atomic E-state index is 11.8. The smallest absolute Gasteiger partial charge is 0.222 e. The number of aliphatic hydroxyl groups is 1. The molecule has 0 radical (unpaired) electrons. The van der Waals surface area contributed by atoms with Gasteiger partial charge in [0, 0.05) is 13.0 Å². The Labute approximate surface area is 125 Å². The molecule has 2 aliphatic rings. The van der Waals surface area contributed by atoms with Crippen molar-refractivity contribution >= 4 is 11.8 Å². The molecule has 0 spiro atoms. The fourth-order valence-corrected chi connectivity index (χ4v) is 2.61. The fraction of sp³-hybridized carbons (Fsp3) is 0.867. The molecule has 1 aliphatic carbocycles. The van der Waals surface area contributed by atoms with Crippen molar-refractivity contribution in [2.75, 3.05) is 13.2 Å². The van der Waals surface area contributed by atoms with Crippen LogP contribution < -0.4 is 10.6 Å². The lowest BCUT2D eigenvalue weighted by Gasteiger charge is -2.36. The largest absolute Gasteiger partial charge is 0.394 e. The molecular weight excluding hydrogens is 272 g/mol. The summed E-state index contributed by atoms with van der Waals surface area (Å²) >= 11 is 0. The van der Waals surface area contributed by atoms with Gasteiger partial charge in [0.1, 0.15) is 6.10 Å². The van der Waals surface area contributed by atoms with E-state index < -0.39 is 6.10 Å². The zero-order valence-corrected chi connectivity index (χ0v) is 12.6. The van der Waals surface area contributed by atoms with Crippen LogP contribution in [0.5, 0.6) is 0 Å². The van der Waals surface area contributed by atoms with Crippen LogP contribution in [0.4, 0.5) is 0 Å². The van der Waals surface area contributed by atoms with Crippen molar-refractivity contribution in [1.82, 2.24) is 10.6 Å². The number of amides is 2. The van der Waals surface area contributed by atoms with E-state index in [4.69, 9.17) is 4.74 Å². The highest BCUT2D eigenvalue weighted by Crippen LogP contribution is 2.27. The van der Waals surface area contributed by atoms with Crippen LogP contribution in [0.3, 0.4) is 0 Å². The molecule has 21 heavy (non-hydrogen) atoms. The summed E-state index contributed by atoms with van der Waals surface area (Å²) in [7, 11) is 0.